The molecule has 0 heterocycles. The van der Waals surface area contributed by atoms with Crippen molar-refractivity contribution in [3.05, 3.63) is 29.8 Å². The molecule has 0 unspecified atom stereocenters. The number of rotatable bonds is 7. The summed E-state index contributed by atoms with van der Waals surface area (Å²) in [6.45, 7) is 2.11. The smallest absolute Gasteiger partial charge is 0.337 e. The van der Waals surface area contributed by atoms with Crippen LogP contribution >= 0.6 is 0 Å². The monoisotopic (exact) mass is 249 g/mol. The number of anilines is 1. The molecule has 0 aromatic heterocycles. The Morgan fingerprint density at radius 2 is 1.89 bits per heavy atom. The Labute approximate surface area is 107 Å². The van der Waals surface area contributed by atoms with Crippen LogP contribution in [0.1, 0.15) is 49.4 Å². The lowest BCUT2D eigenvalue weighted by Crippen LogP contribution is -2.14. The first kappa shape index (κ1) is 14.2. The van der Waals surface area contributed by atoms with Gasteiger partial charge in [-0.1, -0.05) is 38.3 Å². The SMILES string of the molecule is CCCCCCC(=O)Nc1ccccc1C(=O)O. The summed E-state index contributed by atoms with van der Waals surface area (Å²) in [6.07, 6.45) is 4.57. The molecule has 0 saturated carbocycles. The van der Waals surface area contributed by atoms with Crippen LogP contribution in [0.15, 0.2) is 24.3 Å². The lowest BCUT2D eigenvalue weighted by Gasteiger charge is -2.07. The normalized spacial score (nSPS) is 10.1. The maximum absolute atomic E-state index is 11.6. The molecule has 1 aromatic carbocycles. The number of hydrogen-bond acceptors (Lipinski definition) is 2. The van der Waals surface area contributed by atoms with Crippen molar-refractivity contribution in [2.24, 2.45) is 0 Å². The highest BCUT2D eigenvalue weighted by atomic mass is 16.4. The third-order valence-electron chi connectivity index (χ3n) is 2.69. The molecule has 1 rings (SSSR count). The molecule has 0 fully saturated rings. The Bertz CT molecular complexity index is 415. The van der Waals surface area contributed by atoms with Crippen LogP contribution in [0.3, 0.4) is 0 Å². The average molecular weight is 249 g/mol. The third kappa shape index (κ3) is 4.57. The van der Waals surface area contributed by atoms with Crippen molar-refractivity contribution in [3.63, 3.8) is 0 Å². The molecule has 0 bridgehead atoms. The van der Waals surface area contributed by atoms with Crippen molar-refractivity contribution in [3.8, 4) is 0 Å². The van der Waals surface area contributed by atoms with Crippen molar-refractivity contribution in [2.45, 2.75) is 39.0 Å². The number of para-hydroxylation sites is 1. The van der Waals surface area contributed by atoms with E-state index in [9.17, 15) is 9.59 Å². The Hall–Kier alpha value is -1.84. The number of carboxylic acid groups (broad SMARTS) is 1. The fourth-order valence-electron chi connectivity index (χ4n) is 1.70. The molecule has 4 heteroatoms. The van der Waals surface area contributed by atoms with E-state index in [1.165, 1.54) is 6.07 Å². The molecule has 0 radical (unpaired) electrons. The molecule has 1 aromatic rings. The number of carboxylic acids is 1. The van der Waals surface area contributed by atoms with E-state index in [2.05, 4.69) is 12.2 Å². The van der Waals surface area contributed by atoms with Gasteiger partial charge >= 0.3 is 5.97 Å². The minimum atomic E-state index is -1.03. The minimum Gasteiger partial charge on any atom is -0.478 e. The summed E-state index contributed by atoms with van der Waals surface area (Å²) in [5, 5.41) is 11.6. The van der Waals surface area contributed by atoms with E-state index in [0.29, 0.717) is 12.1 Å². The molecule has 0 aliphatic rings. The van der Waals surface area contributed by atoms with Gasteiger partial charge in [0, 0.05) is 6.42 Å². The highest BCUT2D eigenvalue weighted by molar-refractivity contribution is 6.00. The van der Waals surface area contributed by atoms with Gasteiger partial charge in [-0.2, -0.15) is 0 Å². The fraction of sp³-hybridized carbons (Fsp3) is 0.429. The first-order valence-electron chi connectivity index (χ1n) is 6.27. The molecule has 1 amide bonds. The average Bonchev–Trinajstić information content (AvgIpc) is 2.35. The summed E-state index contributed by atoms with van der Waals surface area (Å²) in [5.74, 6) is -1.16. The van der Waals surface area contributed by atoms with Gasteiger partial charge in [-0.25, -0.2) is 4.79 Å². The quantitative estimate of drug-likeness (QED) is 0.729. The van der Waals surface area contributed by atoms with Crippen molar-refractivity contribution >= 4 is 17.6 Å². The van der Waals surface area contributed by atoms with Crippen molar-refractivity contribution in [1.29, 1.82) is 0 Å². The number of aromatic carboxylic acids is 1. The zero-order valence-corrected chi connectivity index (χ0v) is 10.6. The number of unbranched alkanes of at least 4 members (excludes halogenated alkanes) is 3. The molecule has 4 nitrogen and oxygen atoms in total. The summed E-state index contributed by atoms with van der Waals surface area (Å²) < 4.78 is 0. The maximum atomic E-state index is 11.6. The summed E-state index contributed by atoms with van der Waals surface area (Å²) >= 11 is 0. The topological polar surface area (TPSA) is 66.4 Å². The third-order valence-corrected chi connectivity index (χ3v) is 2.69. The Balaban J connectivity index is 2.51. The van der Waals surface area contributed by atoms with E-state index in [1.54, 1.807) is 18.2 Å². The van der Waals surface area contributed by atoms with Crippen LogP contribution in [-0.4, -0.2) is 17.0 Å². The molecule has 2 N–H and O–H groups in total. The molecule has 0 atom stereocenters. The fourth-order valence-corrected chi connectivity index (χ4v) is 1.70. The highest BCUT2D eigenvalue weighted by Crippen LogP contribution is 2.15. The molecule has 0 aliphatic heterocycles. The second-order valence-corrected chi connectivity index (χ2v) is 4.21. The van der Waals surface area contributed by atoms with E-state index in [0.717, 1.165) is 25.7 Å². The van der Waals surface area contributed by atoms with Gasteiger partial charge in [0.1, 0.15) is 0 Å². The molecular weight excluding hydrogens is 230 g/mol. The summed E-state index contributed by atoms with van der Waals surface area (Å²) in [7, 11) is 0. The van der Waals surface area contributed by atoms with E-state index in [-0.39, 0.29) is 11.5 Å². The zero-order valence-electron chi connectivity index (χ0n) is 10.6. The number of hydrogen-bond donors (Lipinski definition) is 2. The van der Waals surface area contributed by atoms with E-state index >= 15 is 0 Å². The summed E-state index contributed by atoms with van der Waals surface area (Å²) in [5.41, 5.74) is 0.491. The van der Waals surface area contributed by atoms with E-state index < -0.39 is 5.97 Å². The van der Waals surface area contributed by atoms with Crippen LogP contribution in [0, 0.1) is 0 Å². The van der Waals surface area contributed by atoms with Gasteiger partial charge < -0.3 is 10.4 Å². The van der Waals surface area contributed by atoms with Gasteiger partial charge in [0.05, 0.1) is 11.3 Å². The van der Waals surface area contributed by atoms with Gasteiger partial charge in [-0.05, 0) is 18.6 Å². The van der Waals surface area contributed by atoms with Crippen LogP contribution in [0.4, 0.5) is 5.69 Å². The van der Waals surface area contributed by atoms with Crippen molar-refractivity contribution in [1.82, 2.24) is 0 Å². The van der Waals surface area contributed by atoms with Crippen molar-refractivity contribution < 1.29 is 14.7 Å². The second-order valence-electron chi connectivity index (χ2n) is 4.21. The summed E-state index contributed by atoms with van der Waals surface area (Å²) in [4.78, 5) is 22.6. The molecule has 0 saturated heterocycles. The van der Waals surface area contributed by atoms with Gasteiger partial charge in [0.15, 0.2) is 0 Å². The lowest BCUT2D eigenvalue weighted by atomic mass is 10.1. The molecular formula is C14H19NO3. The van der Waals surface area contributed by atoms with Gasteiger partial charge in [0.25, 0.3) is 0 Å². The molecule has 18 heavy (non-hydrogen) atoms. The van der Waals surface area contributed by atoms with Gasteiger partial charge in [-0.15, -0.1) is 0 Å². The Morgan fingerprint density at radius 3 is 2.56 bits per heavy atom. The van der Waals surface area contributed by atoms with E-state index in [1.807, 2.05) is 0 Å². The highest BCUT2D eigenvalue weighted by Gasteiger charge is 2.11. The minimum absolute atomic E-state index is 0.124. The van der Waals surface area contributed by atoms with Crippen LogP contribution in [0.2, 0.25) is 0 Å². The summed E-state index contributed by atoms with van der Waals surface area (Å²) in [6, 6.07) is 6.43. The maximum Gasteiger partial charge on any atom is 0.337 e. The van der Waals surface area contributed by atoms with Crippen LogP contribution < -0.4 is 5.32 Å². The van der Waals surface area contributed by atoms with Gasteiger partial charge in [0.2, 0.25) is 5.91 Å². The standard InChI is InChI=1S/C14H19NO3/c1-2-3-4-5-10-13(16)15-12-9-7-6-8-11(12)14(17)18/h6-9H,2-5,10H2,1H3,(H,15,16)(H,17,18). The first-order chi connectivity index (χ1) is 8.65. The van der Waals surface area contributed by atoms with Crippen LogP contribution in [0.5, 0.6) is 0 Å². The van der Waals surface area contributed by atoms with Crippen molar-refractivity contribution in [2.75, 3.05) is 5.32 Å². The number of carbonyl (C=O) groups excluding carboxylic acids is 1. The predicted molar refractivity (Wildman–Crippen MR) is 70.8 cm³/mol. The first-order valence-corrected chi connectivity index (χ1v) is 6.27. The van der Waals surface area contributed by atoms with Crippen LogP contribution in [0.25, 0.3) is 0 Å². The largest absolute Gasteiger partial charge is 0.478 e. The predicted octanol–water partition coefficient (Wildman–Crippen LogP) is 3.29. The number of carbonyl (C=O) groups is 2. The van der Waals surface area contributed by atoms with Gasteiger partial charge in [-0.3, -0.25) is 4.79 Å². The number of benzene rings is 1. The second kappa shape index (κ2) is 7.48. The molecule has 0 aliphatic carbocycles. The molecule has 0 spiro atoms. The molecule has 98 valence electrons. The lowest BCUT2D eigenvalue weighted by molar-refractivity contribution is -0.116. The van der Waals surface area contributed by atoms with E-state index in [4.69, 9.17) is 5.11 Å². The van der Waals surface area contributed by atoms with Crippen LogP contribution in [-0.2, 0) is 4.79 Å². The number of amides is 1. The Kier molecular flexibility index (Phi) is 5.91. The zero-order chi connectivity index (χ0) is 13.4. The Morgan fingerprint density at radius 1 is 1.17 bits per heavy atom. The number of nitrogens with one attached hydrogen (secondary N) is 1.